The van der Waals surface area contributed by atoms with E-state index in [2.05, 4.69) is 4.98 Å². The molecule has 1 heterocycles. The van der Waals surface area contributed by atoms with Gasteiger partial charge in [0, 0.05) is 36.5 Å². The van der Waals surface area contributed by atoms with E-state index in [9.17, 15) is 8.42 Å². The van der Waals surface area contributed by atoms with Crippen LogP contribution in [-0.4, -0.2) is 31.2 Å². The highest BCUT2D eigenvalue weighted by Crippen LogP contribution is 2.15. The first kappa shape index (κ1) is 15.5. The first-order valence-corrected chi connectivity index (χ1v) is 8.38. The van der Waals surface area contributed by atoms with E-state index in [1.165, 1.54) is 6.20 Å². The number of aromatic nitrogens is 2. The van der Waals surface area contributed by atoms with Gasteiger partial charge >= 0.3 is 0 Å². The quantitative estimate of drug-likeness (QED) is 0.545. The third kappa shape index (κ3) is 4.59. The van der Waals surface area contributed by atoms with Crippen molar-refractivity contribution in [3.63, 3.8) is 0 Å². The van der Waals surface area contributed by atoms with Crippen molar-refractivity contribution >= 4 is 19.7 Å². The van der Waals surface area contributed by atoms with Crippen molar-refractivity contribution in [2.45, 2.75) is 44.7 Å². The van der Waals surface area contributed by atoms with Crippen LogP contribution in [0.1, 0.15) is 32.5 Å². The van der Waals surface area contributed by atoms with E-state index in [1.54, 1.807) is 4.57 Å². The first-order chi connectivity index (χ1) is 8.49. The van der Waals surface area contributed by atoms with Gasteiger partial charge < -0.3 is 9.30 Å². The molecule has 0 aliphatic rings. The maximum absolute atomic E-state index is 11.2. The Kier molecular flexibility index (Phi) is 6.11. The van der Waals surface area contributed by atoms with Crippen molar-refractivity contribution < 1.29 is 13.2 Å². The number of rotatable bonds is 8. The molecule has 0 unspecified atom stereocenters. The molecule has 1 aromatic rings. The molecule has 0 saturated heterocycles. The molecule has 0 bridgehead atoms. The van der Waals surface area contributed by atoms with Crippen molar-refractivity contribution in [3.8, 4) is 0 Å². The molecule has 0 saturated carbocycles. The third-order valence-corrected chi connectivity index (χ3v) is 3.56. The number of imidazole rings is 1. The molecule has 18 heavy (non-hydrogen) atoms. The summed E-state index contributed by atoms with van der Waals surface area (Å²) in [6, 6.07) is 0. The topological polar surface area (TPSA) is 61.2 Å². The molecule has 1 rings (SSSR count). The minimum atomic E-state index is -3.76. The molecular formula is C11H19ClN2O3S. The summed E-state index contributed by atoms with van der Waals surface area (Å²) in [4.78, 5) is 4.06. The number of aryl methyl sites for hydroxylation is 1. The summed E-state index contributed by atoms with van der Waals surface area (Å²) in [6.45, 7) is 5.90. The second-order valence-electron chi connectivity index (χ2n) is 3.99. The highest BCUT2D eigenvalue weighted by atomic mass is 35.7. The van der Waals surface area contributed by atoms with Gasteiger partial charge in [-0.15, -0.1) is 0 Å². The molecule has 104 valence electrons. The fraction of sp³-hybridized carbons (Fsp3) is 0.727. The molecule has 0 radical (unpaired) electrons. The minimum absolute atomic E-state index is 0.0805. The van der Waals surface area contributed by atoms with Crippen molar-refractivity contribution in [1.82, 2.24) is 9.55 Å². The van der Waals surface area contributed by atoms with Gasteiger partial charge in [0.15, 0.2) is 5.03 Å². The number of ether oxygens (including phenoxy) is 1. The van der Waals surface area contributed by atoms with Crippen LogP contribution in [-0.2, 0) is 26.8 Å². The summed E-state index contributed by atoms with van der Waals surface area (Å²) in [6.07, 6.45) is 4.06. The third-order valence-electron chi connectivity index (χ3n) is 2.39. The summed E-state index contributed by atoms with van der Waals surface area (Å²) < 4.78 is 29.7. The van der Waals surface area contributed by atoms with Crippen molar-refractivity contribution in [1.29, 1.82) is 0 Å². The van der Waals surface area contributed by atoms with Gasteiger partial charge in [0.2, 0.25) is 0 Å². The summed E-state index contributed by atoms with van der Waals surface area (Å²) in [5, 5.41) is -0.0805. The first-order valence-electron chi connectivity index (χ1n) is 6.07. The standard InChI is InChI=1S/C11H19ClN2O3S/c1-3-5-10-13-11(18(12,15)16)9-14(10)6-8-17-7-4-2/h9H,3-8H2,1-2H3. The highest BCUT2D eigenvalue weighted by Gasteiger charge is 2.17. The van der Waals surface area contributed by atoms with Crippen LogP contribution < -0.4 is 0 Å². The van der Waals surface area contributed by atoms with Gasteiger partial charge in [0.1, 0.15) is 5.82 Å². The number of halogens is 1. The van der Waals surface area contributed by atoms with E-state index < -0.39 is 9.05 Å². The lowest BCUT2D eigenvalue weighted by atomic mass is 10.3. The van der Waals surface area contributed by atoms with Crippen LogP contribution in [0.15, 0.2) is 11.2 Å². The Morgan fingerprint density at radius 2 is 2.06 bits per heavy atom. The average molecular weight is 295 g/mol. The molecule has 0 atom stereocenters. The van der Waals surface area contributed by atoms with Crippen molar-refractivity contribution in [3.05, 3.63) is 12.0 Å². The van der Waals surface area contributed by atoms with Crippen LogP contribution in [0.25, 0.3) is 0 Å². The average Bonchev–Trinajstić information content (AvgIpc) is 2.68. The van der Waals surface area contributed by atoms with Gasteiger partial charge in [-0.3, -0.25) is 0 Å². The lowest BCUT2D eigenvalue weighted by Crippen LogP contribution is -2.09. The van der Waals surface area contributed by atoms with Crippen LogP contribution in [0, 0.1) is 0 Å². The molecule has 0 spiro atoms. The number of nitrogens with zero attached hydrogens (tertiary/aromatic N) is 2. The normalized spacial score (nSPS) is 11.9. The second kappa shape index (κ2) is 7.11. The van der Waals surface area contributed by atoms with Crippen LogP contribution in [0.4, 0.5) is 0 Å². The fourth-order valence-electron chi connectivity index (χ4n) is 1.57. The van der Waals surface area contributed by atoms with Crippen molar-refractivity contribution in [2.75, 3.05) is 13.2 Å². The van der Waals surface area contributed by atoms with Gasteiger partial charge in [-0.2, -0.15) is 0 Å². The SMILES string of the molecule is CCCOCCn1cc(S(=O)(=O)Cl)nc1CCC. The van der Waals surface area contributed by atoms with E-state index in [0.717, 1.165) is 25.1 Å². The zero-order chi connectivity index (χ0) is 13.6. The Hall–Kier alpha value is -0.590. The molecule has 0 aliphatic carbocycles. The highest BCUT2D eigenvalue weighted by molar-refractivity contribution is 8.13. The van der Waals surface area contributed by atoms with Crippen LogP contribution in [0.2, 0.25) is 0 Å². The maximum atomic E-state index is 11.2. The Bertz CT molecular complexity index is 471. The Morgan fingerprint density at radius 3 is 2.61 bits per heavy atom. The van der Waals surface area contributed by atoms with Gasteiger partial charge in [-0.05, 0) is 12.8 Å². The van der Waals surface area contributed by atoms with E-state index in [0.29, 0.717) is 19.8 Å². The predicted octanol–water partition coefficient (Wildman–Crippen LogP) is 2.19. The van der Waals surface area contributed by atoms with Crippen LogP contribution in [0.5, 0.6) is 0 Å². The zero-order valence-corrected chi connectivity index (χ0v) is 12.3. The predicted molar refractivity (Wildman–Crippen MR) is 70.4 cm³/mol. The Morgan fingerprint density at radius 1 is 1.33 bits per heavy atom. The van der Waals surface area contributed by atoms with Gasteiger partial charge in [0.25, 0.3) is 9.05 Å². The molecule has 0 amide bonds. The van der Waals surface area contributed by atoms with E-state index in [1.807, 2.05) is 13.8 Å². The molecule has 0 N–H and O–H groups in total. The monoisotopic (exact) mass is 294 g/mol. The maximum Gasteiger partial charge on any atom is 0.280 e. The minimum Gasteiger partial charge on any atom is -0.380 e. The number of hydrogen-bond donors (Lipinski definition) is 0. The molecule has 0 fully saturated rings. The van der Waals surface area contributed by atoms with Gasteiger partial charge in [0.05, 0.1) is 6.61 Å². The fourth-order valence-corrected chi connectivity index (χ4v) is 2.26. The molecular weight excluding hydrogens is 276 g/mol. The lowest BCUT2D eigenvalue weighted by molar-refractivity contribution is 0.126. The van der Waals surface area contributed by atoms with E-state index in [-0.39, 0.29) is 5.03 Å². The molecule has 0 aliphatic heterocycles. The molecule has 1 aromatic heterocycles. The smallest absolute Gasteiger partial charge is 0.280 e. The van der Waals surface area contributed by atoms with E-state index >= 15 is 0 Å². The van der Waals surface area contributed by atoms with Gasteiger partial charge in [-0.1, -0.05) is 13.8 Å². The molecule has 5 nitrogen and oxygen atoms in total. The Balaban J connectivity index is 2.78. The lowest BCUT2D eigenvalue weighted by Gasteiger charge is -2.06. The van der Waals surface area contributed by atoms with E-state index in [4.69, 9.17) is 15.4 Å². The second-order valence-corrected chi connectivity index (χ2v) is 6.50. The molecule has 7 heteroatoms. The summed E-state index contributed by atoms with van der Waals surface area (Å²) in [5.41, 5.74) is 0. The largest absolute Gasteiger partial charge is 0.380 e. The van der Waals surface area contributed by atoms with Gasteiger partial charge in [-0.25, -0.2) is 13.4 Å². The summed E-state index contributed by atoms with van der Waals surface area (Å²) >= 11 is 0. The Labute approximate surface area is 113 Å². The molecule has 0 aromatic carbocycles. The summed E-state index contributed by atoms with van der Waals surface area (Å²) in [5.74, 6) is 0.733. The zero-order valence-electron chi connectivity index (χ0n) is 10.7. The number of hydrogen-bond acceptors (Lipinski definition) is 4. The summed E-state index contributed by atoms with van der Waals surface area (Å²) in [7, 11) is 1.53. The van der Waals surface area contributed by atoms with Crippen LogP contribution >= 0.6 is 10.7 Å². The van der Waals surface area contributed by atoms with Crippen molar-refractivity contribution in [2.24, 2.45) is 0 Å². The van der Waals surface area contributed by atoms with Crippen LogP contribution in [0.3, 0.4) is 0 Å².